The van der Waals surface area contributed by atoms with Crippen LogP contribution in [-0.2, 0) is 11.3 Å². The van der Waals surface area contributed by atoms with Crippen LogP contribution in [0.5, 0.6) is 17.2 Å². The highest BCUT2D eigenvalue weighted by Crippen LogP contribution is 2.17. The Morgan fingerprint density at radius 2 is 1.85 bits per heavy atom. The molecule has 140 valence electrons. The molecule has 0 saturated heterocycles. The molecule has 2 rings (SSSR count). The van der Waals surface area contributed by atoms with Crippen LogP contribution >= 0.6 is 0 Å². The maximum Gasteiger partial charge on any atom is 0.344 e. The third kappa shape index (κ3) is 6.64. The van der Waals surface area contributed by atoms with Gasteiger partial charge in [-0.1, -0.05) is 12.1 Å². The van der Waals surface area contributed by atoms with Crippen LogP contribution in [0.15, 0.2) is 48.5 Å². The second-order valence-corrected chi connectivity index (χ2v) is 5.80. The lowest BCUT2D eigenvalue weighted by atomic mass is 10.2. The lowest BCUT2D eigenvalue weighted by Crippen LogP contribution is -2.23. The highest BCUT2D eigenvalue weighted by Gasteiger charge is 2.12. The van der Waals surface area contributed by atoms with E-state index in [2.05, 4.69) is 5.32 Å². The minimum absolute atomic E-state index is 0.557. The van der Waals surface area contributed by atoms with Crippen LogP contribution < -0.4 is 19.5 Å². The van der Waals surface area contributed by atoms with Gasteiger partial charge in [-0.2, -0.15) is 0 Å². The first-order valence-corrected chi connectivity index (χ1v) is 8.54. The highest BCUT2D eigenvalue weighted by molar-refractivity contribution is 5.72. The Kier molecular flexibility index (Phi) is 7.76. The molecule has 1 atom stereocenters. The maximum atomic E-state index is 10.8. The third-order valence-corrected chi connectivity index (χ3v) is 3.71. The zero-order valence-electron chi connectivity index (χ0n) is 15.1. The first-order chi connectivity index (χ1) is 12.6. The van der Waals surface area contributed by atoms with Gasteiger partial charge in [-0.05, 0) is 61.9 Å². The summed E-state index contributed by atoms with van der Waals surface area (Å²) in [4.78, 5) is 10.8. The largest absolute Gasteiger partial charge is 0.497 e. The first kappa shape index (κ1) is 19.6. The Hall–Kier alpha value is -2.73. The summed E-state index contributed by atoms with van der Waals surface area (Å²) in [6.07, 6.45) is 0.00598. The average Bonchev–Trinajstić information content (AvgIpc) is 2.65. The van der Waals surface area contributed by atoms with E-state index in [1.54, 1.807) is 13.2 Å². The number of ether oxygens (including phenoxy) is 3. The van der Waals surface area contributed by atoms with E-state index in [0.717, 1.165) is 30.0 Å². The number of carboxylic acids is 1. The zero-order valence-corrected chi connectivity index (χ0v) is 15.1. The lowest BCUT2D eigenvalue weighted by Gasteiger charge is -2.12. The van der Waals surface area contributed by atoms with Crippen LogP contribution in [0.25, 0.3) is 0 Å². The molecule has 0 heterocycles. The minimum atomic E-state index is -0.981. The SMILES string of the molecule is COc1ccc(OCCCNCc2cccc(OC(C)C(=O)O)c2)cc1. The normalized spacial score (nSPS) is 11.6. The molecule has 0 aromatic heterocycles. The monoisotopic (exact) mass is 359 g/mol. The van der Waals surface area contributed by atoms with Gasteiger partial charge in [0.2, 0.25) is 0 Å². The van der Waals surface area contributed by atoms with Crippen molar-refractivity contribution in [3.05, 3.63) is 54.1 Å². The van der Waals surface area contributed by atoms with Crippen molar-refractivity contribution in [3.8, 4) is 17.2 Å². The van der Waals surface area contributed by atoms with Crippen LogP contribution in [0.4, 0.5) is 0 Å². The molecule has 0 fully saturated rings. The third-order valence-electron chi connectivity index (χ3n) is 3.71. The molecule has 0 saturated carbocycles. The molecule has 0 amide bonds. The molecular formula is C20H25NO5. The van der Waals surface area contributed by atoms with E-state index in [1.165, 1.54) is 6.92 Å². The van der Waals surface area contributed by atoms with Gasteiger partial charge in [0, 0.05) is 6.54 Å². The van der Waals surface area contributed by atoms with Crippen LogP contribution in [0.1, 0.15) is 18.9 Å². The molecule has 0 bridgehead atoms. The first-order valence-electron chi connectivity index (χ1n) is 8.54. The molecule has 6 heteroatoms. The lowest BCUT2D eigenvalue weighted by molar-refractivity contribution is -0.144. The van der Waals surface area contributed by atoms with E-state index in [1.807, 2.05) is 42.5 Å². The second-order valence-electron chi connectivity index (χ2n) is 5.80. The molecule has 2 aromatic rings. The fourth-order valence-corrected chi connectivity index (χ4v) is 2.28. The number of rotatable bonds is 11. The summed E-state index contributed by atoms with van der Waals surface area (Å²) >= 11 is 0. The Bertz CT molecular complexity index is 687. The van der Waals surface area contributed by atoms with E-state index < -0.39 is 12.1 Å². The van der Waals surface area contributed by atoms with E-state index in [0.29, 0.717) is 18.9 Å². The summed E-state index contributed by atoms with van der Waals surface area (Å²) in [6.45, 7) is 3.63. The number of nitrogens with one attached hydrogen (secondary N) is 1. The predicted molar refractivity (Wildman–Crippen MR) is 99.0 cm³/mol. The number of carboxylic acid groups (broad SMARTS) is 1. The van der Waals surface area contributed by atoms with Crippen LogP contribution in [0, 0.1) is 0 Å². The summed E-state index contributed by atoms with van der Waals surface area (Å²) in [6, 6.07) is 14.9. The topological polar surface area (TPSA) is 77.0 Å². The molecule has 0 radical (unpaired) electrons. The van der Waals surface area contributed by atoms with Gasteiger partial charge in [0.05, 0.1) is 13.7 Å². The molecule has 26 heavy (non-hydrogen) atoms. The van der Waals surface area contributed by atoms with Crippen molar-refractivity contribution in [3.63, 3.8) is 0 Å². The van der Waals surface area contributed by atoms with Crippen LogP contribution in [0.2, 0.25) is 0 Å². The van der Waals surface area contributed by atoms with E-state index in [4.69, 9.17) is 19.3 Å². The Labute approximate surface area is 153 Å². The van der Waals surface area contributed by atoms with Crippen LogP contribution in [-0.4, -0.2) is 37.4 Å². The van der Waals surface area contributed by atoms with Crippen molar-refractivity contribution in [1.29, 1.82) is 0 Å². The molecule has 6 nitrogen and oxygen atoms in total. The molecule has 0 aliphatic rings. The van der Waals surface area contributed by atoms with Gasteiger partial charge in [-0.3, -0.25) is 0 Å². The Morgan fingerprint density at radius 1 is 1.12 bits per heavy atom. The van der Waals surface area contributed by atoms with E-state index >= 15 is 0 Å². The number of hydrogen-bond acceptors (Lipinski definition) is 5. The van der Waals surface area contributed by atoms with Gasteiger partial charge in [0.25, 0.3) is 0 Å². The molecule has 0 aliphatic carbocycles. The van der Waals surface area contributed by atoms with Gasteiger partial charge in [-0.25, -0.2) is 4.79 Å². The number of aliphatic carboxylic acids is 1. The quantitative estimate of drug-likeness (QED) is 0.601. The fourth-order valence-electron chi connectivity index (χ4n) is 2.28. The van der Waals surface area contributed by atoms with E-state index in [9.17, 15) is 4.79 Å². The van der Waals surface area contributed by atoms with Gasteiger partial charge in [0.15, 0.2) is 6.10 Å². The molecule has 0 aliphatic heterocycles. The van der Waals surface area contributed by atoms with Crippen molar-refractivity contribution in [1.82, 2.24) is 5.32 Å². The molecule has 2 N–H and O–H groups in total. The van der Waals surface area contributed by atoms with Crippen molar-refractivity contribution in [2.75, 3.05) is 20.3 Å². The number of carbonyl (C=O) groups is 1. The predicted octanol–water partition coefficient (Wildman–Crippen LogP) is 3.11. The van der Waals surface area contributed by atoms with Crippen molar-refractivity contribution < 1.29 is 24.1 Å². The standard InChI is InChI=1S/C20H25NO5/c1-15(20(22)23)26-19-6-3-5-16(13-19)14-21-11-4-12-25-18-9-7-17(24-2)8-10-18/h3,5-10,13,15,21H,4,11-12,14H2,1-2H3,(H,22,23). The van der Waals surface area contributed by atoms with Gasteiger partial charge < -0.3 is 24.6 Å². The van der Waals surface area contributed by atoms with Crippen LogP contribution in [0.3, 0.4) is 0 Å². The minimum Gasteiger partial charge on any atom is -0.497 e. The smallest absolute Gasteiger partial charge is 0.344 e. The summed E-state index contributed by atoms with van der Waals surface area (Å²) in [5.74, 6) is 1.21. The fraction of sp³-hybridized carbons (Fsp3) is 0.350. The second kappa shape index (κ2) is 10.3. The summed E-state index contributed by atoms with van der Waals surface area (Å²) < 4.78 is 16.1. The zero-order chi connectivity index (χ0) is 18.8. The summed E-state index contributed by atoms with van der Waals surface area (Å²) in [5, 5.41) is 12.2. The average molecular weight is 359 g/mol. The van der Waals surface area contributed by atoms with Crippen molar-refractivity contribution in [2.24, 2.45) is 0 Å². The number of benzene rings is 2. The number of hydrogen-bond donors (Lipinski definition) is 2. The van der Waals surface area contributed by atoms with Crippen molar-refractivity contribution in [2.45, 2.75) is 26.0 Å². The molecule has 0 spiro atoms. The Morgan fingerprint density at radius 3 is 2.54 bits per heavy atom. The van der Waals surface area contributed by atoms with Crippen molar-refractivity contribution >= 4 is 5.97 Å². The van der Waals surface area contributed by atoms with Gasteiger partial charge in [-0.15, -0.1) is 0 Å². The molecule has 2 aromatic carbocycles. The maximum absolute atomic E-state index is 10.8. The summed E-state index contributed by atoms with van der Waals surface area (Å²) in [7, 11) is 1.64. The Balaban J connectivity index is 1.65. The number of methoxy groups -OCH3 is 1. The van der Waals surface area contributed by atoms with Gasteiger partial charge in [0.1, 0.15) is 17.2 Å². The molecular weight excluding hydrogens is 334 g/mol. The summed E-state index contributed by atoms with van der Waals surface area (Å²) in [5.41, 5.74) is 1.04. The van der Waals surface area contributed by atoms with E-state index in [-0.39, 0.29) is 0 Å². The molecule has 1 unspecified atom stereocenters. The highest BCUT2D eigenvalue weighted by atomic mass is 16.5. The van der Waals surface area contributed by atoms with Gasteiger partial charge >= 0.3 is 5.97 Å².